The first-order valence-corrected chi connectivity index (χ1v) is 14.3. The van der Waals surface area contributed by atoms with Crippen molar-refractivity contribution in [3.8, 4) is 0 Å². The van der Waals surface area contributed by atoms with Crippen molar-refractivity contribution >= 4 is 18.0 Å². The Balaban J connectivity index is 2.32. The lowest BCUT2D eigenvalue weighted by Gasteiger charge is -2.31. The minimum Gasteiger partial charge on any atom is -0.387 e. The molecular weight excluding hydrogens is 482 g/mol. The number of carbonyl (C=O) groups is 1. The highest BCUT2D eigenvalue weighted by Gasteiger charge is 2.37. The number of benzene rings is 1. The molecule has 4 N–H and O–H groups in total. The smallest absolute Gasteiger partial charge is 0.236 e. The maximum absolute atomic E-state index is 13.7. The molecule has 0 aliphatic carbocycles. The van der Waals surface area contributed by atoms with Gasteiger partial charge in [0, 0.05) is 24.0 Å². The SMILES string of the molecule is C=C/C=C\C=C/CC1CCCCC(C)(NC)CN=C/C(C(=N)NC(=O)C(CC)(CC)c2ccc(C)cc2)=C/N1. The number of carbonyl (C=O) groups excluding carboxylic acids is 1. The van der Waals surface area contributed by atoms with Gasteiger partial charge in [-0.25, -0.2) is 0 Å². The third kappa shape index (κ3) is 9.47. The van der Waals surface area contributed by atoms with Gasteiger partial charge in [-0.1, -0.05) is 93.5 Å². The van der Waals surface area contributed by atoms with Crippen molar-refractivity contribution in [3.63, 3.8) is 0 Å². The number of nitrogens with one attached hydrogen (secondary N) is 4. The first kappa shape index (κ1) is 32.0. The number of nitrogens with zero attached hydrogens (tertiary/aromatic N) is 1. The van der Waals surface area contributed by atoms with Gasteiger partial charge in [-0.2, -0.15) is 0 Å². The largest absolute Gasteiger partial charge is 0.387 e. The second-order valence-electron chi connectivity index (χ2n) is 10.8. The fourth-order valence-corrected chi connectivity index (χ4v) is 4.94. The molecular formula is C33H49N5O. The molecule has 0 spiro atoms. The summed E-state index contributed by atoms with van der Waals surface area (Å²) in [6, 6.07) is 8.36. The van der Waals surface area contributed by atoms with Crippen LogP contribution in [0, 0.1) is 12.3 Å². The lowest BCUT2D eigenvalue weighted by atomic mass is 9.74. The third-order valence-electron chi connectivity index (χ3n) is 7.97. The maximum Gasteiger partial charge on any atom is 0.236 e. The van der Waals surface area contributed by atoms with E-state index in [2.05, 4.69) is 35.5 Å². The Morgan fingerprint density at radius 1 is 1.21 bits per heavy atom. The summed E-state index contributed by atoms with van der Waals surface area (Å²) in [6.45, 7) is 12.6. The van der Waals surface area contributed by atoms with Gasteiger partial charge in [0.1, 0.15) is 5.84 Å². The van der Waals surface area contributed by atoms with E-state index in [4.69, 9.17) is 10.4 Å². The van der Waals surface area contributed by atoms with Gasteiger partial charge in [-0.05, 0) is 58.6 Å². The van der Waals surface area contributed by atoms with Gasteiger partial charge in [-0.3, -0.25) is 15.2 Å². The minimum absolute atomic E-state index is 0.0565. The molecule has 0 radical (unpaired) electrons. The predicted octanol–water partition coefficient (Wildman–Crippen LogP) is 6.30. The third-order valence-corrected chi connectivity index (χ3v) is 7.97. The Morgan fingerprint density at radius 2 is 1.92 bits per heavy atom. The van der Waals surface area contributed by atoms with Crippen LogP contribution in [0.25, 0.3) is 0 Å². The summed E-state index contributed by atoms with van der Waals surface area (Å²) in [5.74, 6) is -0.101. The Labute approximate surface area is 236 Å². The van der Waals surface area contributed by atoms with E-state index in [1.807, 2.05) is 76.5 Å². The molecule has 6 heteroatoms. The zero-order valence-corrected chi connectivity index (χ0v) is 24.6. The van der Waals surface area contributed by atoms with Crippen LogP contribution in [0.1, 0.15) is 76.8 Å². The molecule has 0 bridgehead atoms. The number of hydrogen-bond acceptors (Lipinski definition) is 5. The first-order chi connectivity index (χ1) is 18.7. The van der Waals surface area contributed by atoms with Crippen molar-refractivity contribution in [2.24, 2.45) is 4.99 Å². The number of amides is 1. The maximum atomic E-state index is 13.7. The van der Waals surface area contributed by atoms with Crippen LogP contribution >= 0.6 is 0 Å². The second kappa shape index (κ2) is 16.0. The van der Waals surface area contributed by atoms with Crippen LogP contribution in [0.15, 0.2) is 78.0 Å². The Kier molecular flexibility index (Phi) is 13.1. The van der Waals surface area contributed by atoms with Gasteiger partial charge in [0.05, 0.1) is 17.5 Å². The zero-order valence-electron chi connectivity index (χ0n) is 24.6. The van der Waals surface area contributed by atoms with Gasteiger partial charge in [0.15, 0.2) is 0 Å². The molecule has 6 nitrogen and oxygen atoms in total. The standard InChI is InChI=1S/C33H49N5O/c1-7-10-11-12-13-16-29-17-14-15-22-32(5,35-6)25-36-23-27(24-37-29)30(34)38-31(39)33(8-2,9-3)28-20-18-26(4)19-21-28/h7,10-13,18-21,23-24,29,35,37H,1,8-9,14-17,22,25H2,2-6H3,(H2,34,38,39)/b11-10-,13-12-,27-24-,36-23?. The summed E-state index contributed by atoms with van der Waals surface area (Å²) >= 11 is 0. The van der Waals surface area contributed by atoms with Crippen LogP contribution < -0.4 is 16.0 Å². The summed E-state index contributed by atoms with van der Waals surface area (Å²) < 4.78 is 0. The monoisotopic (exact) mass is 531 g/mol. The number of hydrogen-bond donors (Lipinski definition) is 4. The highest BCUT2D eigenvalue weighted by atomic mass is 16.2. The van der Waals surface area contributed by atoms with Crippen molar-refractivity contribution < 1.29 is 4.79 Å². The molecule has 2 atom stereocenters. The molecule has 212 valence electrons. The van der Waals surface area contributed by atoms with E-state index in [1.54, 1.807) is 12.3 Å². The van der Waals surface area contributed by atoms with E-state index in [1.165, 1.54) is 0 Å². The van der Waals surface area contributed by atoms with Crippen molar-refractivity contribution in [1.29, 1.82) is 5.41 Å². The summed E-state index contributed by atoms with van der Waals surface area (Å²) in [4.78, 5) is 18.4. The number of allylic oxidation sites excluding steroid dienone is 4. The van der Waals surface area contributed by atoms with E-state index >= 15 is 0 Å². The highest BCUT2D eigenvalue weighted by molar-refractivity contribution is 6.19. The highest BCUT2D eigenvalue weighted by Crippen LogP contribution is 2.32. The molecule has 1 aliphatic heterocycles. The van der Waals surface area contributed by atoms with Crippen molar-refractivity contribution in [2.75, 3.05) is 13.6 Å². The molecule has 1 aromatic carbocycles. The molecule has 0 aromatic heterocycles. The number of likely N-dealkylation sites (N-methyl/N-ethyl adjacent to an activating group) is 1. The summed E-state index contributed by atoms with van der Waals surface area (Å²) in [5, 5.41) is 18.8. The van der Waals surface area contributed by atoms with Gasteiger partial charge in [0.25, 0.3) is 0 Å². The topological polar surface area (TPSA) is 89.4 Å². The number of aryl methyl sites for hydroxylation is 1. The van der Waals surface area contributed by atoms with E-state index in [-0.39, 0.29) is 23.3 Å². The van der Waals surface area contributed by atoms with Crippen LogP contribution in [0.2, 0.25) is 0 Å². The molecule has 0 saturated carbocycles. The minimum atomic E-state index is -0.701. The quantitative estimate of drug-likeness (QED) is 0.162. The van der Waals surface area contributed by atoms with Crippen LogP contribution in [0.3, 0.4) is 0 Å². The average Bonchev–Trinajstić information content (AvgIpc) is 2.93. The van der Waals surface area contributed by atoms with Gasteiger partial charge >= 0.3 is 0 Å². The number of rotatable bonds is 10. The summed E-state index contributed by atoms with van der Waals surface area (Å²) in [5.41, 5.74) is 1.88. The lowest BCUT2D eigenvalue weighted by Crippen LogP contribution is -2.47. The molecule has 1 amide bonds. The second-order valence-corrected chi connectivity index (χ2v) is 10.8. The molecule has 2 rings (SSSR count). The van der Waals surface area contributed by atoms with Crippen LogP contribution in [-0.2, 0) is 10.2 Å². The number of aliphatic imine (C=N–C) groups is 1. The van der Waals surface area contributed by atoms with Crippen molar-refractivity contribution in [2.45, 2.75) is 89.6 Å². The average molecular weight is 532 g/mol. The van der Waals surface area contributed by atoms with E-state index in [0.29, 0.717) is 25.0 Å². The van der Waals surface area contributed by atoms with Crippen LogP contribution in [-0.4, -0.2) is 43.1 Å². The molecule has 0 saturated heterocycles. The van der Waals surface area contributed by atoms with Gasteiger partial charge < -0.3 is 16.0 Å². The van der Waals surface area contributed by atoms with Gasteiger partial charge in [-0.15, -0.1) is 0 Å². The Bertz CT molecular complexity index is 1060. The van der Waals surface area contributed by atoms with E-state index in [9.17, 15) is 4.79 Å². The zero-order chi connectivity index (χ0) is 28.7. The Hall–Kier alpha value is -3.25. The van der Waals surface area contributed by atoms with E-state index in [0.717, 1.165) is 43.2 Å². The number of amidine groups is 1. The van der Waals surface area contributed by atoms with E-state index < -0.39 is 5.41 Å². The molecule has 1 heterocycles. The van der Waals surface area contributed by atoms with Crippen LogP contribution in [0.5, 0.6) is 0 Å². The molecule has 2 unspecified atom stereocenters. The lowest BCUT2D eigenvalue weighted by molar-refractivity contribution is -0.125. The normalized spacial score (nSPS) is 22.4. The molecule has 1 aliphatic rings. The predicted molar refractivity (Wildman–Crippen MR) is 167 cm³/mol. The summed E-state index contributed by atoms with van der Waals surface area (Å²) in [7, 11) is 1.98. The summed E-state index contributed by atoms with van der Waals surface area (Å²) in [6.07, 6.45) is 19.8. The fraction of sp³-hybridized carbons (Fsp3) is 0.485. The molecule has 0 fully saturated rings. The fourth-order valence-electron chi connectivity index (χ4n) is 4.94. The van der Waals surface area contributed by atoms with Crippen molar-refractivity contribution in [1.82, 2.24) is 16.0 Å². The molecule has 1 aromatic rings. The van der Waals surface area contributed by atoms with Crippen LogP contribution in [0.4, 0.5) is 0 Å². The van der Waals surface area contributed by atoms with Gasteiger partial charge in [0.2, 0.25) is 5.91 Å². The Morgan fingerprint density at radius 3 is 2.56 bits per heavy atom. The van der Waals surface area contributed by atoms with Crippen molar-refractivity contribution in [3.05, 3.63) is 84.1 Å². The first-order valence-electron chi connectivity index (χ1n) is 14.3. The molecule has 39 heavy (non-hydrogen) atoms.